The molecule has 0 aliphatic rings. The van der Waals surface area contributed by atoms with Crippen LogP contribution in [0.15, 0.2) is 23.1 Å². The monoisotopic (exact) mass is 300 g/mol. The van der Waals surface area contributed by atoms with Crippen molar-refractivity contribution in [2.45, 2.75) is 32.2 Å². The lowest BCUT2D eigenvalue weighted by Gasteiger charge is -2.23. The molecule has 0 aliphatic carbocycles. The third-order valence-corrected chi connectivity index (χ3v) is 4.98. The molecule has 0 spiro atoms. The minimum absolute atomic E-state index is 0.194. The summed E-state index contributed by atoms with van der Waals surface area (Å²) in [6.45, 7) is 7.09. The highest BCUT2D eigenvalue weighted by molar-refractivity contribution is 7.89. The Bertz CT molecular complexity index is 541. The molecule has 0 fully saturated rings. The minimum Gasteiger partial charge on any atom is -0.495 e. The predicted molar refractivity (Wildman–Crippen MR) is 80.2 cm³/mol. The summed E-state index contributed by atoms with van der Waals surface area (Å²) in [5.41, 5.74) is 6.41. The third kappa shape index (κ3) is 3.71. The van der Waals surface area contributed by atoms with E-state index < -0.39 is 10.0 Å². The Morgan fingerprint density at radius 1 is 1.35 bits per heavy atom. The molecule has 6 heteroatoms. The quantitative estimate of drug-likeness (QED) is 0.833. The second-order valence-corrected chi connectivity index (χ2v) is 6.95. The number of hydrogen-bond acceptors (Lipinski definition) is 4. The Hall–Kier alpha value is -1.11. The van der Waals surface area contributed by atoms with Crippen LogP contribution in [0.3, 0.4) is 0 Å². The van der Waals surface area contributed by atoms with E-state index in [0.717, 1.165) is 5.56 Å². The van der Waals surface area contributed by atoms with Gasteiger partial charge >= 0.3 is 0 Å². The van der Waals surface area contributed by atoms with Gasteiger partial charge in [0.25, 0.3) is 0 Å². The molecule has 0 amide bonds. The van der Waals surface area contributed by atoms with Crippen LogP contribution < -0.4 is 10.5 Å². The Balaban J connectivity index is 3.26. The highest BCUT2D eigenvalue weighted by atomic mass is 32.2. The van der Waals surface area contributed by atoms with Crippen LogP contribution >= 0.6 is 0 Å². The molecule has 2 N–H and O–H groups in total. The van der Waals surface area contributed by atoms with E-state index in [9.17, 15) is 8.42 Å². The zero-order valence-electron chi connectivity index (χ0n) is 12.6. The van der Waals surface area contributed by atoms with Gasteiger partial charge in [0.2, 0.25) is 10.0 Å². The van der Waals surface area contributed by atoms with Crippen molar-refractivity contribution in [3.8, 4) is 5.75 Å². The van der Waals surface area contributed by atoms with Gasteiger partial charge in [-0.05, 0) is 23.6 Å². The molecule has 0 heterocycles. The van der Waals surface area contributed by atoms with Gasteiger partial charge in [-0.2, -0.15) is 4.31 Å². The smallest absolute Gasteiger partial charge is 0.246 e. The molecule has 0 saturated heterocycles. The molecule has 0 radical (unpaired) electrons. The SMILES string of the molecule is CCN(CC(C)C)S(=O)(=O)c1ccc(CN)cc1OC. The van der Waals surface area contributed by atoms with Gasteiger partial charge in [0.1, 0.15) is 10.6 Å². The van der Waals surface area contributed by atoms with Crippen molar-refractivity contribution in [2.75, 3.05) is 20.2 Å². The number of nitrogens with two attached hydrogens (primary N) is 1. The number of ether oxygens (including phenoxy) is 1. The number of sulfonamides is 1. The van der Waals surface area contributed by atoms with Crippen LogP contribution in [0.4, 0.5) is 0 Å². The van der Waals surface area contributed by atoms with Crippen LogP contribution in [0.25, 0.3) is 0 Å². The van der Waals surface area contributed by atoms with E-state index in [1.807, 2.05) is 20.8 Å². The van der Waals surface area contributed by atoms with Crippen molar-refractivity contribution in [2.24, 2.45) is 11.7 Å². The molecule has 0 atom stereocenters. The molecule has 0 unspecified atom stereocenters. The van der Waals surface area contributed by atoms with E-state index in [1.54, 1.807) is 18.2 Å². The molecule has 1 aromatic carbocycles. The highest BCUT2D eigenvalue weighted by Gasteiger charge is 2.27. The van der Waals surface area contributed by atoms with Gasteiger partial charge in [0.05, 0.1) is 7.11 Å². The van der Waals surface area contributed by atoms with E-state index >= 15 is 0 Å². The summed E-state index contributed by atoms with van der Waals surface area (Å²) in [6.07, 6.45) is 0. The molecular formula is C14H24N2O3S. The van der Waals surface area contributed by atoms with Gasteiger partial charge in [-0.3, -0.25) is 0 Å². The molecular weight excluding hydrogens is 276 g/mol. The topological polar surface area (TPSA) is 72.6 Å². The molecule has 114 valence electrons. The van der Waals surface area contributed by atoms with Crippen LogP contribution in [0.5, 0.6) is 5.75 Å². The first-order valence-corrected chi connectivity index (χ1v) is 8.17. The van der Waals surface area contributed by atoms with Crippen molar-refractivity contribution >= 4 is 10.0 Å². The summed E-state index contributed by atoms with van der Waals surface area (Å²) in [4.78, 5) is 0.194. The van der Waals surface area contributed by atoms with Gasteiger partial charge < -0.3 is 10.5 Å². The number of nitrogens with zero attached hydrogens (tertiary/aromatic N) is 1. The fourth-order valence-corrected chi connectivity index (χ4v) is 3.74. The van der Waals surface area contributed by atoms with Crippen molar-refractivity contribution in [1.82, 2.24) is 4.31 Å². The van der Waals surface area contributed by atoms with Crippen molar-refractivity contribution < 1.29 is 13.2 Å². The van der Waals surface area contributed by atoms with E-state index in [-0.39, 0.29) is 10.8 Å². The summed E-state index contributed by atoms with van der Waals surface area (Å²) < 4.78 is 32.1. The van der Waals surface area contributed by atoms with Gasteiger partial charge in [-0.15, -0.1) is 0 Å². The van der Waals surface area contributed by atoms with Gasteiger partial charge in [0.15, 0.2) is 0 Å². The highest BCUT2D eigenvalue weighted by Crippen LogP contribution is 2.28. The minimum atomic E-state index is -3.55. The maximum atomic E-state index is 12.7. The summed E-state index contributed by atoms with van der Waals surface area (Å²) in [5.74, 6) is 0.606. The Labute approximate surface area is 121 Å². The molecule has 0 saturated carbocycles. The van der Waals surface area contributed by atoms with Gasteiger partial charge in [0, 0.05) is 19.6 Å². The molecule has 1 rings (SSSR count). The fourth-order valence-electron chi connectivity index (χ4n) is 2.00. The lowest BCUT2D eigenvalue weighted by atomic mass is 10.2. The standard InChI is InChI=1S/C14H24N2O3S/c1-5-16(10-11(2)3)20(17,18)14-7-6-12(9-15)8-13(14)19-4/h6-8,11H,5,9-10,15H2,1-4H3. The van der Waals surface area contributed by atoms with E-state index in [0.29, 0.717) is 25.4 Å². The largest absolute Gasteiger partial charge is 0.495 e. The zero-order valence-corrected chi connectivity index (χ0v) is 13.4. The van der Waals surface area contributed by atoms with Crippen molar-refractivity contribution in [3.63, 3.8) is 0 Å². The molecule has 0 aromatic heterocycles. The Morgan fingerprint density at radius 2 is 2.00 bits per heavy atom. The molecule has 20 heavy (non-hydrogen) atoms. The number of benzene rings is 1. The Morgan fingerprint density at radius 3 is 2.45 bits per heavy atom. The lowest BCUT2D eigenvalue weighted by Crippen LogP contribution is -2.34. The molecule has 5 nitrogen and oxygen atoms in total. The number of hydrogen-bond donors (Lipinski definition) is 1. The maximum Gasteiger partial charge on any atom is 0.246 e. The van der Waals surface area contributed by atoms with Crippen LogP contribution in [-0.4, -0.2) is 32.9 Å². The average Bonchev–Trinajstić information content (AvgIpc) is 2.43. The predicted octanol–water partition coefficient (Wildman–Crippen LogP) is 1.82. The van der Waals surface area contributed by atoms with Gasteiger partial charge in [-0.1, -0.05) is 26.8 Å². The first-order chi connectivity index (χ1) is 9.36. The maximum absolute atomic E-state index is 12.7. The second-order valence-electron chi connectivity index (χ2n) is 5.04. The first kappa shape index (κ1) is 16.9. The van der Waals surface area contributed by atoms with Crippen LogP contribution in [-0.2, 0) is 16.6 Å². The van der Waals surface area contributed by atoms with E-state index in [4.69, 9.17) is 10.5 Å². The Kier molecular flexibility index (Phi) is 5.98. The fraction of sp³-hybridized carbons (Fsp3) is 0.571. The summed E-state index contributed by atoms with van der Waals surface area (Å²) >= 11 is 0. The normalized spacial score (nSPS) is 12.2. The summed E-state index contributed by atoms with van der Waals surface area (Å²) in [5, 5.41) is 0. The molecule has 1 aromatic rings. The lowest BCUT2D eigenvalue weighted by molar-refractivity contribution is 0.371. The van der Waals surface area contributed by atoms with Crippen molar-refractivity contribution in [3.05, 3.63) is 23.8 Å². The zero-order chi connectivity index (χ0) is 15.3. The third-order valence-electron chi connectivity index (χ3n) is 3.00. The van der Waals surface area contributed by atoms with E-state index in [2.05, 4.69) is 0 Å². The average molecular weight is 300 g/mol. The van der Waals surface area contributed by atoms with E-state index in [1.165, 1.54) is 11.4 Å². The molecule has 0 aliphatic heterocycles. The summed E-state index contributed by atoms with van der Waals surface area (Å²) in [7, 11) is -2.08. The first-order valence-electron chi connectivity index (χ1n) is 6.73. The van der Waals surface area contributed by atoms with Crippen LogP contribution in [0, 0.1) is 5.92 Å². The van der Waals surface area contributed by atoms with Crippen LogP contribution in [0.1, 0.15) is 26.3 Å². The van der Waals surface area contributed by atoms with Crippen LogP contribution in [0.2, 0.25) is 0 Å². The summed E-state index contributed by atoms with van der Waals surface area (Å²) in [6, 6.07) is 4.97. The molecule has 0 bridgehead atoms. The number of methoxy groups -OCH3 is 1. The van der Waals surface area contributed by atoms with Gasteiger partial charge in [-0.25, -0.2) is 8.42 Å². The number of rotatable bonds is 7. The second kappa shape index (κ2) is 7.06. The van der Waals surface area contributed by atoms with Crippen molar-refractivity contribution in [1.29, 1.82) is 0 Å².